The predicted octanol–water partition coefficient (Wildman–Crippen LogP) is 2.45. The van der Waals surface area contributed by atoms with E-state index in [1.807, 2.05) is 23.2 Å². The zero-order valence-electron chi connectivity index (χ0n) is 12.6. The van der Waals surface area contributed by atoms with Gasteiger partial charge >= 0.3 is 0 Å². The van der Waals surface area contributed by atoms with Crippen molar-refractivity contribution in [1.82, 2.24) is 9.84 Å². The summed E-state index contributed by atoms with van der Waals surface area (Å²) in [6.45, 7) is 2.41. The molecule has 4 rings (SSSR count). The fraction of sp³-hybridized carbons (Fsp3) is 0.235. The average molecular weight is 329 g/mol. The number of benzene rings is 2. The number of hydrogen-bond acceptors (Lipinski definition) is 4. The minimum Gasteiger partial charge on any atom is -0.366 e. The smallest absolute Gasteiger partial charge is 0.250 e. The number of rotatable bonds is 2. The number of halogens is 1. The van der Waals surface area contributed by atoms with Crippen LogP contribution in [0.4, 0.5) is 11.4 Å². The third-order valence-electron chi connectivity index (χ3n) is 4.44. The first-order valence-corrected chi connectivity index (χ1v) is 7.96. The standard InChI is InChI=1S/C17H17ClN4O/c18-21-10-13-2-1-3-15(17(19)23)16(13)22(21)14-5-4-12-9-20-7-6-11(12)8-14/h1-5,8,20H,6-7,9-10H2,(H2,19,23). The van der Waals surface area contributed by atoms with Crippen LogP contribution in [-0.4, -0.2) is 17.0 Å². The molecular weight excluding hydrogens is 312 g/mol. The molecule has 23 heavy (non-hydrogen) atoms. The molecule has 3 N–H and O–H groups in total. The quantitative estimate of drug-likeness (QED) is 0.831. The lowest BCUT2D eigenvalue weighted by Gasteiger charge is -2.27. The Balaban J connectivity index is 1.83. The molecule has 6 heteroatoms. The van der Waals surface area contributed by atoms with Gasteiger partial charge in [0.25, 0.3) is 5.91 Å². The molecule has 0 saturated heterocycles. The maximum Gasteiger partial charge on any atom is 0.250 e. The van der Waals surface area contributed by atoms with Crippen molar-refractivity contribution in [3.63, 3.8) is 0 Å². The minimum absolute atomic E-state index is 0.444. The number of nitrogens with two attached hydrogens (primary N) is 1. The van der Waals surface area contributed by atoms with Crippen LogP contribution in [0.3, 0.4) is 0 Å². The predicted molar refractivity (Wildman–Crippen MR) is 90.3 cm³/mol. The molecule has 0 atom stereocenters. The Hall–Kier alpha value is -2.08. The van der Waals surface area contributed by atoms with Crippen molar-refractivity contribution in [2.45, 2.75) is 19.5 Å². The number of nitrogens with one attached hydrogen (secondary N) is 1. The van der Waals surface area contributed by atoms with Crippen LogP contribution in [0.2, 0.25) is 0 Å². The van der Waals surface area contributed by atoms with Crippen LogP contribution in [0.25, 0.3) is 0 Å². The zero-order valence-corrected chi connectivity index (χ0v) is 13.3. The summed E-state index contributed by atoms with van der Waals surface area (Å²) in [4.78, 5) is 11.8. The van der Waals surface area contributed by atoms with Gasteiger partial charge in [-0.2, -0.15) is 0 Å². The van der Waals surface area contributed by atoms with Crippen LogP contribution in [0.5, 0.6) is 0 Å². The van der Waals surface area contributed by atoms with Gasteiger partial charge in [0.15, 0.2) is 0 Å². The summed E-state index contributed by atoms with van der Waals surface area (Å²) in [5, 5.41) is 5.24. The number of anilines is 2. The number of nitrogens with zero attached hydrogens (tertiary/aromatic N) is 2. The molecule has 0 unspecified atom stereocenters. The van der Waals surface area contributed by atoms with Crippen molar-refractivity contribution < 1.29 is 4.79 Å². The first-order valence-electron chi connectivity index (χ1n) is 7.63. The van der Waals surface area contributed by atoms with Crippen molar-refractivity contribution in [3.8, 4) is 0 Å². The van der Waals surface area contributed by atoms with Crippen LogP contribution >= 0.6 is 11.8 Å². The first kappa shape index (κ1) is 14.5. The Morgan fingerprint density at radius 2 is 2.04 bits per heavy atom. The normalized spacial score (nSPS) is 17.0. The zero-order chi connectivity index (χ0) is 16.0. The molecule has 0 saturated carbocycles. The first-order chi connectivity index (χ1) is 11.1. The highest BCUT2D eigenvalue weighted by molar-refractivity contribution is 6.16. The largest absolute Gasteiger partial charge is 0.366 e. The summed E-state index contributed by atoms with van der Waals surface area (Å²) < 4.78 is 1.60. The number of hydrazine groups is 1. The Labute approximate surface area is 139 Å². The second kappa shape index (κ2) is 5.53. The molecule has 2 heterocycles. The molecule has 0 spiro atoms. The van der Waals surface area contributed by atoms with E-state index < -0.39 is 5.91 Å². The molecule has 2 aliphatic rings. The van der Waals surface area contributed by atoms with Crippen LogP contribution in [-0.2, 0) is 19.5 Å². The van der Waals surface area contributed by atoms with E-state index in [2.05, 4.69) is 17.4 Å². The van der Waals surface area contributed by atoms with E-state index in [1.165, 1.54) is 11.1 Å². The average Bonchev–Trinajstić information content (AvgIpc) is 2.90. The minimum atomic E-state index is -0.444. The van der Waals surface area contributed by atoms with Gasteiger partial charge in [-0.3, -0.25) is 9.80 Å². The van der Waals surface area contributed by atoms with Gasteiger partial charge in [0, 0.05) is 18.3 Å². The molecule has 2 aliphatic heterocycles. The van der Waals surface area contributed by atoms with Gasteiger partial charge < -0.3 is 11.1 Å². The number of carbonyl (C=O) groups is 1. The van der Waals surface area contributed by atoms with Crippen molar-refractivity contribution in [2.75, 3.05) is 11.6 Å². The third-order valence-corrected chi connectivity index (χ3v) is 4.71. The molecule has 0 aromatic heterocycles. The summed E-state index contributed by atoms with van der Waals surface area (Å²) in [7, 11) is 0. The van der Waals surface area contributed by atoms with Gasteiger partial charge in [-0.05, 0) is 47.9 Å². The molecular formula is C17H17ClN4O. The maximum atomic E-state index is 11.8. The van der Waals surface area contributed by atoms with E-state index in [-0.39, 0.29) is 0 Å². The van der Waals surface area contributed by atoms with E-state index in [9.17, 15) is 4.79 Å². The van der Waals surface area contributed by atoms with Gasteiger partial charge in [-0.25, -0.2) is 0 Å². The second-order valence-electron chi connectivity index (χ2n) is 5.86. The number of para-hydroxylation sites is 1. The fourth-order valence-electron chi connectivity index (χ4n) is 3.34. The summed E-state index contributed by atoms with van der Waals surface area (Å²) in [5.74, 6) is -0.444. The third kappa shape index (κ3) is 2.37. The highest BCUT2D eigenvalue weighted by atomic mass is 35.5. The van der Waals surface area contributed by atoms with Crippen molar-refractivity contribution in [3.05, 3.63) is 58.7 Å². The molecule has 0 radical (unpaired) electrons. The lowest BCUT2D eigenvalue weighted by Crippen LogP contribution is -2.28. The number of fused-ring (bicyclic) bond motifs is 2. The topological polar surface area (TPSA) is 61.6 Å². The van der Waals surface area contributed by atoms with Crippen LogP contribution in [0, 0.1) is 0 Å². The number of hydrogen-bond donors (Lipinski definition) is 2. The molecule has 118 valence electrons. The van der Waals surface area contributed by atoms with Crippen molar-refractivity contribution in [2.24, 2.45) is 5.73 Å². The van der Waals surface area contributed by atoms with Gasteiger partial charge in [-0.15, -0.1) is 4.53 Å². The molecule has 5 nitrogen and oxygen atoms in total. The van der Waals surface area contributed by atoms with Crippen LogP contribution < -0.4 is 16.1 Å². The van der Waals surface area contributed by atoms with Crippen LogP contribution in [0.1, 0.15) is 27.0 Å². The van der Waals surface area contributed by atoms with E-state index in [0.717, 1.165) is 36.4 Å². The number of primary amides is 1. The van der Waals surface area contributed by atoms with Crippen molar-refractivity contribution >= 4 is 29.1 Å². The van der Waals surface area contributed by atoms with E-state index in [1.54, 1.807) is 10.6 Å². The summed E-state index contributed by atoms with van der Waals surface area (Å²) in [6.07, 6.45) is 0.990. The van der Waals surface area contributed by atoms with Crippen LogP contribution in [0.15, 0.2) is 36.4 Å². The van der Waals surface area contributed by atoms with Crippen molar-refractivity contribution in [1.29, 1.82) is 0 Å². The molecule has 0 aliphatic carbocycles. The van der Waals surface area contributed by atoms with Gasteiger partial charge in [0.1, 0.15) is 0 Å². The monoisotopic (exact) mass is 328 g/mol. The molecule has 1 amide bonds. The molecule has 0 fully saturated rings. The van der Waals surface area contributed by atoms with Gasteiger partial charge in [-0.1, -0.05) is 18.2 Å². The Morgan fingerprint density at radius 1 is 1.17 bits per heavy atom. The summed E-state index contributed by atoms with van der Waals surface area (Å²) in [6, 6.07) is 11.9. The highest BCUT2D eigenvalue weighted by Crippen LogP contribution is 2.41. The molecule has 2 aromatic carbocycles. The summed E-state index contributed by atoms with van der Waals surface area (Å²) >= 11 is 6.43. The SMILES string of the molecule is NC(=O)c1cccc2c1N(c1ccc3c(c1)CCNC3)N(Cl)C2. The Kier molecular flexibility index (Phi) is 3.49. The Morgan fingerprint density at radius 3 is 2.87 bits per heavy atom. The van der Waals surface area contributed by atoms with Gasteiger partial charge in [0.2, 0.25) is 0 Å². The van der Waals surface area contributed by atoms with E-state index >= 15 is 0 Å². The number of carbonyl (C=O) groups excluding carboxylic acids is 1. The van der Waals surface area contributed by atoms with E-state index in [0.29, 0.717) is 12.1 Å². The number of amides is 1. The Bertz CT molecular complexity index is 792. The molecule has 0 bridgehead atoms. The lowest BCUT2D eigenvalue weighted by atomic mass is 10.00. The maximum absolute atomic E-state index is 11.8. The van der Waals surface area contributed by atoms with E-state index in [4.69, 9.17) is 17.5 Å². The fourth-order valence-corrected chi connectivity index (χ4v) is 3.63. The second-order valence-corrected chi connectivity index (χ2v) is 6.25. The highest BCUT2D eigenvalue weighted by Gasteiger charge is 2.31. The molecule has 2 aromatic rings. The van der Waals surface area contributed by atoms with Gasteiger partial charge in [0.05, 0.1) is 23.5 Å². The lowest BCUT2D eigenvalue weighted by molar-refractivity contribution is 0.100. The summed E-state index contributed by atoms with van der Waals surface area (Å²) in [5.41, 5.74) is 11.4.